The number of likely N-dealkylation sites (N-methyl/N-ethyl adjacent to an activating group) is 1. The number of rotatable bonds is 8. The van der Waals surface area contributed by atoms with Crippen molar-refractivity contribution >= 4 is 23.1 Å². The molecule has 2 aromatic carbocycles. The highest BCUT2D eigenvalue weighted by Crippen LogP contribution is 2.25. The first kappa shape index (κ1) is 21.5. The predicted molar refractivity (Wildman–Crippen MR) is 118 cm³/mol. The molecule has 0 fully saturated rings. The minimum absolute atomic E-state index is 0.00399. The van der Waals surface area contributed by atoms with Crippen LogP contribution in [0.2, 0.25) is 0 Å². The number of anilines is 1. The number of carbonyl (C=O) groups excluding carboxylic acids is 2. The second-order valence-electron chi connectivity index (χ2n) is 7.52. The lowest BCUT2D eigenvalue weighted by Crippen LogP contribution is -2.38. The number of benzene rings is 2. The van der Waals surface area contributed by atoms with E-state index in [4.69, 9.17) is 4.74 Å². The molecule has 3 rings (SSSR count). The van der Waals surface area contributed by atoms with Crippen LogP contribution in [0, 0.1) is 0 Å². The summed E-state index contributed by atoms with van der Waals surface area (Å²) in [5.41, 5.74) is 2.23. The number of methoxy groups -OCH3 is 1. The Morgan fingerprint density at radius 3 is 2.40 bits per heavy atom. The van der Waals surface area contributed by atoms with Crippen LogP contribution < -0.4 is 15.1 Å². The lowest BCUT2D eigenvalue weighted by molar-refractivity contribution is -0.118. The van der Waals surface area contributed by atoms with Gasteiger partial charge in [-0.2, -0.15) is 5.10 Å². The van der Waals surface area contributed by atoms with Crippen LogP contribution in [0.4, 0.5) is 5.69 Å². The molecule has 2 unspecified atom stereocenters. The Bertz CT molecular complexity index is 910. The summed E-state index contributed by atoms with van der Waals surface area (Å²) >= 11 is 0. The number of nitrogens with one attached hydrogen (secondary N) is 1. The summed E-state index contributed by atoms with van der Waals surface area (Å²) in [5.74, 6) is 0.520. The van der Waals surface area contributed by atoms with E-state index in [0.29, 0.717) is 18.7 Å². The Kier molecular flexibility index (Phi) is 6.84. The van der Waals surface area contributed by atoms with Crippen LogP contribution >= 0.6 is 0 Å². The number of amides is 1. The van der Waals surface area contributed by atoms with Crippen molar-refractivity contribution in [3.8, 4) is 5.75 Å². The second-order valence-corrected chi connectivity index (χ2v) is 7.52. The highest BCUT2D eigenvalue weighted by atomic mass is 16.5. The van der Waals surface area contributed by atoms with E-state index in [1.807, 2.05) is 73.6 Å². The molecular formula is C23H28N4O3. The van der Waals surface area contributed by atoms with Gasteiger partial charge in [-0.15, -0.1) is 0 Å². The maximum absolute atomic E-state index is 12.8. The molecule has 1 amide bonds. The number of carbonyl (C=O) groups is 2. The van der Waals surface area contributed by atoms with Crippen LogP contribution in [0.15, 0.2) is 59.7 Å². The lowest BCUT2D eigenvalue weighted by Gasteiger charge is -2.25. The lowest BCUT2D eigenvalue weighted by atomic mass is 10.0. The number of nitrogens with zero attached hydrogens (tertiary/aromatic N) is 3. The minimum Gasteiger partial charge on any atom is -0.497 e. The largest absolute Gasteiger partial charge is 0.497 e. The first-order valence-electron chi connectivity index (χ1n) is 9.91. The van der Waals surface area contributed by atoms with Crippen LogP contribution in [-0.2, 0) is 9.59 Å². The van der Waals surface area contributed by atoms with Crippen molar-refractivity contribution in [3.63, 3.8) is 0 Å². The molecule has 0 saturated carbocycles. The van der Waals surface area contributed by atoms with Crippen molar-refractivity contribution < 1.29 is 14.3 Å². The summed E-state index contributed by atoms with van der Waals surface area (Å²) in [6.07, 6.45) is 0.297. The Morgan fingerprint density at radius 2 is 1.83 bits per heavy atom. The van der Waals surface area contributed by atoms with E-state index in [2.05, 4.69) is 10.4 Å². The summed E-state index contributed by atoms with van der Waals surface area (Å²) < 4.78 is 5.22. The van der Waals surface area contributed by atoms with Gasteiger partial charge < -0.3 is 15.0 Å². The molecule has 7 heteroatoms. The van der Waals surface area contributed by atoms with E-state index in [9.17, 15) is 9.59 Å². The van der Waals surface area contributed by atoms with Crippen LogP contribution in [0.3, 0.4) is 0 Å². The zero-order valence-electron chi connectivity index (χ0n) is 17.8. The van der Waals surface area contributed by atoms with E-state index in [1.165, 1.54) is 6.92 Å². The molecule has 1 N–H and O–H groups in total. The number of hydrogen-bond acceptors (Lipinski definition) is 6. The van der Waals surface area contributed by atoms with Crippen molar-refractivity contribution in [2.45, 2.75) is 25.4 Å². The maximum atomic E-state index is 12.8. The number of hydrogen-bond donors (Lipinski definition) is 1. The van der Waals surface area contributed by atoms with Gasteiger partial charge in [0.05, 0.1) is 18.8 Å². The van der Waals surface area contributed by atoms with Gasteiger partial charge in [0, 0.05) is 13.0 Å². The minimum atomic E-state index is -0.459. The van der Waals surface area contributed by atoms with Gasteiger partial charge in [0.1, 0.15) is 17.5 Å². The molecule has 0 spiro atoms. The molecule has 0 bridgehead atoms. The molecule has 0 radical (unpaired) electrons. The molecular weight excluding hydrogens is 380 g/mol. The van der Waals surface area contributed by atoms with Crippen LogP contribution in [0.1, 0.15) is 24.9 Å². The van der Waals surface area contributed by atoms with Crippen molar-refractivity contribution in [1.82, 2.24) is 10.2 Å². The van der Waals surface area contributed by atoms with Gasteiger partial charge in [-0.1, -0.05) is 30.3 Å². The third kappa shape index (κ3) is 4.86. The van der Waals surface area contributed by atoms with Crippen molar-refractivity contribution in [3.05, 3.63) is 60.2 Å². The van der Waals surface area contributed by atoms with Crippen LogP contribution in [0.25, 0.3) is 0 Å². The number of ether oxygens (including phenoxy) is 1. The molecule has 1 aliphatic heterocycles. The van der Waals surface area contributed by atoms with E-state index in [-0.39, 0.29) is 17.7 Å². The first-order valence-corrected chi connectivity index (χ1v) is 9.91. The quantitative estimate of drug-likeness (QED) is 0.727. The Balaban J connectivity index is 1.71. The van der Waals surface area contributed by atoms with E-state index in [0.717, 1.165) is 17.0 Å². The Morgan fingerprint density at radius 1 is 1.17 bits per heavy atom. The Labute approximate surface area is 177 Å². The summed E-state index contributed by atoms with van der Waals surface area (Å²) in [6, 6.07) is 16.8. The van der Waals surface area contributed by atoms with Gasteiger partial charge >= 0.3 is 0 Å². The summed E-state index contributed by atoms with van der Waals surface area (Å²) in [4.78, 5) is 27.0. The number of Topliss-reactive ketones (excluding diaryl/α,β-unsaturated/α-hetero) is 1. The SMILES string of the molecule is COc1ccc(C(CNC(=O)C2=NN(c3ccccc3)C(C(C)=O)C2)N(C)C)cc1. The number of para-hydroxylation sites is 1. The van der Waals surface area contributed by atoms with Gasteiger partial charge in [0.25, 0.3) is 5.91 Å². The molecule has 1 heterocycles. The average molecular weight is 409 g/mol. The summed E-state index contributed by atoms with van der Waals surface area (Å²) in [6.45, 7) is 1.95. The van der Waals surface area contributed by atoms with E-state index >= 15 is 0 Å². The molecule has 0 aliphatic carbocycles. The fourth-order valence-corrected chi connectivity index (χ4v) is 3.50. The summed E-state index contributed by atoms with van der Waals surface area (Å²) in [7, 11) is 5.57. The second kappa shape index (κ2) is 9.54. The van der Waals surface area contributed by atoms with Gasteiger partial charge in [-0.25, -0.2) is 0 Å². The highest BCUT2D eigenvalue weighted by molar-refractivity contribution is 6.40. The monoisotopic (exact) mass is 408 g/mol. The topological polar surface area (TPSA) is 74.2 Å². The zero-order valence-corrected chi connectivity index (χ0v) is 17.8. The smallest absolute Gasteiger partial charge is 0.267 e. The molecule has 1 aliphatic rings. The van der Waals surface area contributed by atoms with Gasteiger partial charge in [-0.3, -0.25) is 14.6 Å². The molecule has 7 nitrogen and oxygen atoms in total. The first-order chi connectivity index (χ1) is 14.4. The van der Waals surface area contributed by atoms with Gasteiger partial charge in [0.2, 0.25) is 0 Å². The molecule has 0 aromatic heterocycles. The van der Waals surface area contributed by atoms with E-state index in [1.54, 1.807) is 12.1 Å². The fraction of sp³-hybridized carbons (Fsp3) is 0.348. The van der Waals surface area contributed by atoms with Gasteiger partial charge in [-0.05, 0) is 50.8 Å². The third-order valence-electron chi connectivity index (χ3n) is 5.24. The van der Waals surface area contributed by atoms with E-state index < -0.39 is 6.04 Å². The third-order valence-corrected chi connectivity index (χ3v) is 5.24. The standard InChI is InChI=1S/C23H28N4O3/c1-16(28)21-14-20(25-27(21)18-8-6-5-7-9-18)23(29)24-15-22(26(2)3)17-10-12-19(30-4)13-11-17/h5-13,21-22H,14-15H2,1-4H3,(H,24,29). The van der Waals surface area contributed by atoms with Crippen molar-refractivity contribution in [2.75, 3.05) is 32.8 Å². The number of ketones is 1. The molecule has 2 atom stereocenters. The highest BCUT2D eigenvalue weighted by Gasteiger charge is 2.34. The molecule has 158 valence electrons. The normalized spacial score (nSPS) is 16.9. The number of hydrazone groups is 1. The van der Waals surface area contributed by atoms with Crippen molar-refractivity contribution in [2.24, 2.45) is 5.10 Å². The summed E-state index contributed by atoms with van der Waals surface area (Å²) in [5, 5.41) is 9.09. The van der Waals surface area contributed by atoms with Gasteiger partial charge in [0.15, 0.2) is 5.78 Å². The van der Waals surface area contributed by atoms with Crippen molar-refractivity contribution in [1.29, 1.82) is 0 Å². The molecule has 30 heavy (non-hydrogen) atoms. The molecule has 0 saturated heterocycles. The average Bonchev–Trinajstić information content (AvgIpc) is 3.20. The Hall–Kier alpha value is -3.19. The maximum Gasteiger partial charge on any atom is 0.267 e. The van der Waals surface area contributed by atoms with Crippen LogP contribution in [-0.4, -0.2) is 56.1 Å². The molecule has 2 aromatic rings. The fourth-order valence-electron chi connectivity index (χ4n) is 3.50. The predicted octanol–water partition coefficient (Wildman–Crippen LogP) is 2.64. The zero-order chi connectivity index (χ0) is 21.7. The van der Waals surface area contributed by atoms with Crippen LogP contribution in [0.5, 0.6) is 5.75 Å².